The fraction of sp³-hybridized carbons (Fsp3) is 0.0833. The summed E-state index contributed by atoms with van der Waals surface area (Å²) in [6.45, 7) is 0.219. The Kier molecular flexibility index (Phi) is 3.17. The van der Waals surface area contributed by atoms with E-state index < -0.39 is 0 Å². The van der Waals surface area contributed by atoms with E-state index in [4.69, 9.17) is 18.0 Å². The quantitative estimate of drug-likeness (QED) is 0.755. The first kappa shape index (κ1) is 12.5. The van der Waals surface area contributed by atoms with Gasteiger partial charge in [0.25, 0.3) is 5.56 Å². The van der Waals surface area contributed by atoms with Crippen LogP contribution in [0.4, 0.5) is 0 Å². The second kappa shape index (κ2) is 4.84. The summed E-state index contributed by atoms with van der Waals surface area (Å²) in [6, 6.07) is 3.96. The molecule has 0 amide bonds. The van der Waals surface area contributed by atoms with Crippen molar-refractivity contribution in [3.05, 3.63) is 39.6 Å². The van der Waals surface area contributed by atoms with E-state index in [1.165, 1.54) is 22.2 Å². The van der Waals surface area contributed by atoms with Crippen molar-refractivity contribution in [2.45, 2.75) is 6.54 Å². The summed E-state index contributed by atoms with van der Waals surface area (Å²) < 4.78 is 1.45. The highest BCUT2D eigenvalue weighted by molar-refractivity contribution is 7.80. The monoisotopic (exact) mass is 307 g/mol. The van der Waals surface area contributed by atoms with E-state index in [9.17, 15) is 4.79 Å². The van der Waals surface area contributed by atoms with Crippen LogP contribution >= 0.6 is 34.9 Å². The molecule has 0 fully saturated rings. The summed E-state index contributed by atoms with van der Waals surface area (Å²) in [5.41, 5.74) is 6.33. The van der Waals surface area contributed by atoms with Crippen LogP contribution in [0, 0.1) is 0 Å². The SMILES string of the molecule is NC(=S)Cn1cnc2scc(-c3cccs3)c2c1=O. The summed E-state index contributed by atoms with van der Waals surface area (Å²) >= 11 is 7.92. The zero-order valence-electron chi connectivity index (χ0n) is 9.70. The molecule has 0 aromatic carbocycles. The molecule has 0 aliphatic rings. The maximum Gasteiger partial charge on any atom is 0.263 e. The summed E-state index contributed by atoms with van der Waals surface area (Å²) in [7, 11) is 0. The molecule has 0 unspecified atom stereocenters. The lowest BCUT2D eigenvalue weighted by molar-refractivity contribution is 0.796. The van der Waals surface area contributed by atoms with Gasteiger partial charge in [-0.2, -0.15) is 0 Å². The van der Waals surface area contributed by atoms with Crippen LogP contribution < -0.4 is 11.3 Å². The Morgan fingerprint density at radius 3 is 3.00 bits per heavy atom. The summed E-state index contributed by atoms with van der Waals surface area (Å²) in [5, 5.41) is 4.60. The summed E-state index contributed by atoms with van der Waals surface area (Å²) in [5.74, 6) is 0. The Morgan fingerprint density at radius 1 is 1.47 bits per heavy atom. The molecule has 7 heteroatoms. The maximum atomic E-state index is 12.5. The number of thiophene rings is 2. The number of hydrogen-bond acceptors (Lipinski definition) is 5. The van der Waals surface area contributed by atoms with Gasteiger partial charge in [-0.1, -0.05) is 18.3 Å². The van der Waals surface area contributed by atoms with Crippen molar-refractivity contribution in [3.8, 4) is 10.4 Å². The molecular weight excluding hydrogens is 298 g/mol. The Morgan fingerprint density at radius 2 is 2.32 bits per heavy atom. The lowest BCUT2D eigenvalue weighted by atomic mass is 10.2. The van der Waals surface area contributed by atoms with Crippen LogP contribution in [0.5, 0.6) is 0 Å². The Balaban J connectivity index is 2.26. The van der Waals surface area contributed by atoms with Crippen molar-refractivity contribution >= 4 is 50.1 Å². The number of thiocarbonyl (C=S) groups is 1. The molecule has 0 saturated carbocycles. The minimum Gasteiger partial charge on any atom is -0.392 e. The van der Waals surface area contributed by atoms with Crippen molar-refractivity contribution in [2.75, 3.05) is 0 Å². The average Bonchev–Trinajstić information content (AvgIpc) is 3.00. The largest absolute Gasteiger partial charge is 0.392 e. The fourth-order valence-corrected chi connectivity index (χ4v) is 3.72. The number of aromatic nitrogens is 2. The van der Waals surface area contributed by atoms with E-state index >= 15 is 0 Å². The highest BCUT2D eigenvalue weighted by Crippen LogP contribution is 2.33. The topological polar surface area (TPSA) is 60.9 Å². The van der Waals surface area contributed by atoms with Gasteiger partial charge in [-0.15, -0.1) is 22.7 Å². The van der Waals surface area contributed by atoms with Gasteiger partial charge in [0.1, 0.15) is 4.83 Å². The van der Waals surface area contributed by atoms with Crippen LogP contribution in [0.25, 0.3) is 20.7 Å². The third kappa shape index (κ3) is 2.20. The van der Waals surface area contributed by atoms with Gasteiger partial charge in [0.15, 0.2) is 0 Å². The number of rotatable bonds is 3. The van der Waals surface area contributed by atoms with E-state index in [1.807, 2.05) is 22.9 Å². The Labute approximate surface area is 122 Å². The molecule has 19 heavy (non-hydrogen) atoms. The zero-order chi connectivity index (χ0) is 13.4. The van der Waals surface area contributed by atoms with E-state index in [2.05, 4.69) is 4.98 Å². The molecule has 2 N–H and O–H groups in total. The summed E-state index contributed by atoms with van der Waals surface area (Å²) in [4.78, 5) is 18.8. The van der Waals surface area contributed by atoms with Gasteiger partial charge in [-0.3, -0.25) is 9.36 Å². The molecule has 0 atom stereocenters. The van der Waals surface area contributed by atoms with E-state index in [-0.39, 0.29) is 17.1 Å². The van der Waals surface area contributed by atoms with Gasteiger partial charge in [0.05, 0.1) is 23.2 Å². The highest BCUT2D eigenvalue weighted by atomic mass is 32.1. The van der Waals surface area contributed by atoms with Crippen molar-refractivity contribution in [1.29, 1.82) is 0 Å². The van der Waals surface area contributed by atoms with E-state index in [0.29, 0.717) is 5.39 Å². The summed E-state index contributed by atoms with van der Waals surface area (Å²) in [6.07, 6.45) is 1.50. The van der Waals surface area contributed by atoms with Crippen LogP contribution in [0.3, 0.4) is 0 Å². The third-order valence-corrected chi connectivity index (χ3v) is 4.59. The Hall–Kier alpha value is -1.57. The number of nitrogens with zero attached hydrogens (tertiary/aromatic N) is 2. The number of nitrogens with two attached hydrogens (primary N) is 1. The molecule has 0 aliphatic heterocycles. The molecule has 3 rings (SSSR count). The molecule has 96 valence electrons. The second-order valence-corrected chi connectivity index (χ2v) is 6.28. The van der Waals surface area contributed by atoms with Crippen LogP contribution in [-0.2, 0) is 6.54 Å². The van der Waals surface area contributed by atoms with Gasteiger partial charge in [-0.25, -0.2) is 4.98 Å². The highest BCUT2D eigenvalue weighted by Gasteiger charge is 2.13. The van der Waals surface area contributed by atoms with Crippen LogP contribution in [-0.4, -0.2) is 14.5 Å². The minimum absolute atomic E-state index is 0.0950. The average molecular weight is 307 g/mol. The first-order valence-electron chi connectivity index (χ1n) is 5.45. The van der Waals surface area contributed by atoms with Crippen LogP contribution in [0.15, 0.2) is 34.0 Å². The molecule has 4 nitrogen and oxygen atoms in total. The van der Waals surface area contributed by atoms with Crippen LogP contribution in [0.2, 0.25) is 0 Å². The van der Waals surface area contributed by atoms with E-state index in [1.54, 1.807) is 11.3 Å². The molecular formula is C12H9N3OS3. The molecule has 3 heterocycles. The number of hydrogen-bond donors (Lipinski definition) is 1. The van der Waals surface area contributed by atoms with Gasteiger partial charge < -0.3 is 5.73 Å². The number of fused-ring (bicyclic) bond motifs is 1. The lowest BCUT2D eigenvalue weighted by Gasteiger charge is -2.03. The van der Waals surface area contributed by atoms with Gasteiger partial charge >= 0.3 is 0 Å². The van der Waals surface area contributed by atoms with Crippen molar-refractivity contribution in [1.82, 2.24) is 9.55 Å². The molecule has 0 spiro atoms. The minimum atomic E-state index is -0.0950. The molecule has 0 aliphatic carbocycles. The molecule has 3 aromatic heterocycles. The second-order valence-electron chi connectivity index (χ2n) is 3.95. The van der Waals surface area contributed by atoms with Gasteiger partial charge in [-0.05, 0) is 11.4 Å². The van der Waals surface area contributed by atoms with Gasteiger partial charge in [0.2, 0.25) is 0 Å². The molecule has 3 aromatic rings. The van der Waals surface area contributed by atoms with Crippen molar-refractivity contribution in [2.24, 2.45) is 5.73 Å². The first-order chi connectivity index (χ1) is 9.16. The molecule has 0 saturated heterocycles. The fourth-order valence-electron chi connectivity index (χ4n) is 1.86. The standard InChI is InChI=1S/C12H9N3OS3/c13-9(17)4-15-6-14-11-10(12(15)16)7(5-19-11)8-2-1-3-18-8/h1-3,5-6H,4H2,(H2,13,17). The smallest absolute Gasteiger partial charge is 0.263 e. The van der Waals surface area contributed by atoms with E-state index in [0.717, 1.165) is 15.3 Å². The van der Waals surface area contributed by atoms with Crippen molar-refractivity contribution in [3.63, 3.8) is 0 Å². The Bertz CT molecular complexity index is 801. The predicted molar refractivity (Wildman–Crippen MR) is 84.0 cm³/mol. The van der Waals surface area contributed by atoms with Gasteiger partial charge in [0, 0.05) is 15.8 Å². The maximum absolute atomic E-state index is 12.5. The normalized spacial score (nSPS) is 10.9. The zero-order valence-corrected chi connectivity index (χ0v) is 12.1. The third-order valence-electron chi connectivity index (χ3n) is 2.67. The lowest BCUT2D eigenvalue weighted by Crippen LogP contribution is -2.27. The first-order valence-corrected chi connectivity index (χ1v) is 7.62. The molecule has 0 bridgehead atoms. The van der Waals surface area contributed by atoms with Crippen LogP contribution in [0.1, 0.15) is 0 Å². The van der Waals surface area contributed by atoms with Crippen molar-refractivity contribution < 1.29 is 0 Å². The molecule has 0 radical (unpaired) electrons. The predicted octanol–water partition coefficient (Wildman–Crippen LogP) is 2.47.